The average molecular weight is 423 g/mol. The number of hydrogen-bond acceptors (Lipinski definition) is 4. The number of carbonyl (C=O) groups excluding carboxylic acids is 3. The summed E-state index contributed by atoms with van der Waals surface area (Å²) in [4.78, 5) is 37.2. The van der Waals surface area contributed by atoms with E-state index in [1.807, 2.05) is 0 Å². The highest BCUT2D eigenvalue weighted by Gasteiger charge is 2.30. The second-order valence-corrected chi connectivity index (χ2v) is 8.63. The molecule has 2 rings (SSSR count). The van der Waals surface area contributed by atoms with Crippen LogP contribution in [0.5, 0.6) is 0 Å². The maximum absolute atomic E-state index is 12.5. The minimum absolute atomic E-state index is 0.103. The molecule has 0 saturated heterocycles. The number of hydrogen-bond donors (Lipinski definition) is 2. The van der Waals surface area contributed by atoms with Crippen LogP contribution in [0.15, 0.2) is 24.3 Å². The lowest BCUT2D eigenvalue weighted by Crippen LogP contribution is -2.48. The molecule has 0 spiro atoms. The molecule has 6 nitrogen and oxygen atoms in total. The first kappa shape index (κ1) is 23.2. The third-order valence-electron chi connectivity index (χ3n) is 5.72. The Bertz CT molecular complexity index is 737. The van der Waals surface area contributed by atoms with Gasteiger partial charge in [-0.2, -0.15) is 0 Å². The van der Waals surface area contributed by atoms with Crippen LogP contribution in [-0.2, 0) is 14.3 Å². The third kappa shape index (κ3) is 6.46. The van der Waals surface area contributed by atoms with Crippen molar-refractivity contribution in [3.05, 3.63) is 34.9 Å². The van der Waals surface area contributed by atoms with Crippen molar-refractivity contribution in [2.75, 3.05) is 6.61 Å². The van der Waals surface area contributed by atoms with Gasteiger partial charge in [-0.05, 0) is 36.3 Å². The van der Waals surface area contributed by atoms with E-state index in [4.69, 9.17) is 16.3 Å². The van der Waals surface area contributed by atoms with Gasteiger partial charge in [0.25, 0.3) is 11.8 Å². The monoisotopic (exact) mass is 422 g/mol. The highest BCUT2D eigenvalue weighted by molar-refractivity contribution is 6.33. The molecular formula is C22H31ClN2O4. The third-order valence-corrected chi connectivity index (χ3v) is 6.05. The van der Waals surface area contributed by atoms with E-state index in [0.29, 0.717) is 16.9 Å². The predicted molar refractivity (Wildman–Crippen MR) is 113 cm³/mol. The van der Waals surface area contributed by atoms with Crippen LogP contribution >= 0.6 is 11.6 Å². The fraction of sp³-hybridized carbons (Fsp3) is 0.591. The highest BCUT2D eigenvalue weighted by Crippen LogP contribution is 2.29. The van der Waals surface area contributed by atoms with Crippen LogP contribution in [0.1, 0.15) is 57.3 Å². The molecule has 1 fully saturated rings. The first-order valence-corrected chi connectivity index (χ1v) is 10.6. The molecule has 29 heavy (non-hydrogen) atoms. The summed E-state index contributed by atoms with van der Waals surface area (Å²) >= 11 is 6.05. The molecule has 0 aliphatic heterocycles. The van der Waals surface area contributed by atoms with Gasteiger partial charge in [0.1, 0.15) is 6.04 Å². The summed E-state index contributed by atoms with van der Waals surface area (Å²) < 4.78 is 5.20. The zero-order valence-electron chi connectivity index (χ0n) is 17.5. The molecule has 1 aliphatic carbocycles. The first-order valence-electron chi connectivity index (χ1n) is 10.2. The molecule has 7 heteroatoms. The smallest absolute Gasteiger partial charge is 0.329 e. The average Bonchev–Trinajstić information content (AvgIpc) is 2.67. The van der Waals surface area contributed by atoms with Gasteiger partial charge in [-0.3, -0.25) is 9.59 Å². The van der Waals surface area contributed by atoms with Crippen molar-refractivity contribution in [1.82, 2.24) is 10.6 Å². The van der Waals surface area contributed by atoms with E-state index in [0.717, 1.165) is 12.8 Å². The summed E-state index contributed by atoms with van der Waals surface area (Å²) in [7, 11) is 0. The van der Waals surface area contributed by atoms with Crippen LogP contribution < -0.4 is 10.6 Å². The lowest BCUT2D eigenvalue weighted by Gasteiger charge is -2.34. The number of halogens is 1. The fourth-order valence-corrected chi connectivity index (χ4v) is 3.84. The molecule has 3 unspecified atom stereocenters. The van der Waals surface area contributed by atoms with E-state index in [-0.39, 0.29) is 30.0 Å². The second-order valence-electron chi connectivity index (χ2n) is 8.22. The second kappa shape index (κ2) is 10.6. The Hall–Kier alpha value is -2.08. The number of ether oxygens (including phenoxy) is 1. The summed E-state index contributed by atoms with van der Waals surface area (Å²) in [5.41, 5.74) is 0.283. The van der Waals surface area contributed by atoms with Crippen molar-refractivity contribution >= 4 is 29.4 Å². The van der Waals surface area contributed by atoms with Crippen LogP contribution in [-0.4, -0.2) is 36.5 Å². The van der Waals surface area contributed by atoms with Crippen molar-refractivity contribution in [2.24, 2.45) is 17.8 Å². The van der Waals surface area contributed by atoms with Gasteiger partial charge < -0.3 is 15.4 Å². The first-order chi connectivity index (χ1) is 13.7. The number of benzene rings is 1. The number of carbonyl (C=O) groups is 3. The minimum Gasteiger partial charge on any atom is -0.454 e. The number of esters is 1. The molecule has 1 aliphatic rings. The lowest BCUT2D eigenvalue weighted by atomic mass is 9.78. The molecule has 2 amide bonds. The Labute approximate surface area is 177 Å². The number of amides is 2. The zero-order chi connectivity index (χ0) is 21.6. The zero-order valence-corrected chi connectivity index (χ0v) is 18.3. The summed E-state index contributed by atoms with van der Waals surface area (Å²) in [6, 6.07) is 5.84. The Kier molecular flexibility index (Phi) is 8.50. The van der Waals surface area contributed by atoms with E-state index in [1.54, 1.807) is 38.1 Å². The molecule has 4 atom stereocenters. The van der Waals surface area contributed by atoms with Gasteiger partial charge in [0.05, 0.1) is 10.6 Å². The van der Waals surface area contributed by atoms with E-state index >= 15 is 0 Å². The standard InChI is InChI=1S/C22H31ClN2O4/c1-13(2)20(25-21(27)16-9-5-6-10-17(16)23)22(28)29-12-19(26)24-18-11-7-8-14(3)15(18)4/h5-6,9-10,13-15,18,20H,7-8,11-12H2,1-4H3,(H,24,26)(H,25,27)/t14?,15?,18?,20-/m0/s1. The SMILES string of the molecule is CC1CCCC(NC(=O)COC(=O)[C@@H](NC(=O)c2ccccc2Cl)C(C)C)C1C. The molecule has 0 radical (unpaired) electrons. The van der Waals surface area contributed by atoms with Crippen molar-refractivity contribution in [3.63, 3.8) is 0 Å². The summed E-state index contributed by atoms with van der Waals surface area (Å²) in [5.74, 6) is -0.676. The molecule has 2 N–H and O–H groups in total. The van der Waals surface area contributed by atoms with Gasteiger partial charge in [0.15, 0.2) is 6.61 Å². The largest absolute Gasteiger partial charge is 0.454 e. The van der Waals surface area contributed by atoms with Gasteiger partial charge >= 0.3 is 5.97 Å². The lowest BCUT2D eigenvalue weighted by molar-refractivity contribution is -0.151. The Morgan fingerprint density at radius 2 is 1.86 bits per heavy atom. The van der Waals surface area contributed by atoms with E-state index in [1.165, 1.54) is 6.42 Å². The maximum atomic E-state index is 12.5. The fourth-order valence-electron chi connectivity index (χ4n) is 3.62. The maximum Gasteiger partial charge on any atom is 0.329 e. The summed E-state index contributed by atoms with van der Waals surface area (Å²) in [5, 5.41) is 5.94. The predicted octanol–water partition coefficient (Wildman–Crippen LogP) is 3.58. The number of rotatable bonds is 7. The molecule has 1 aromatic rings. The Morgan fingerprint density at radius 3 is 2.52 bits per heavy atom. The van der Waals surface area contributed by atoms with Crippen LogP contribution in [0.4, 0.5) is 0 Å². The molecule has 1 saturated carbocycles. The molecule has 0 bridgehead atoms. The normalized spacial score (nSPS) is 22.6. The van der Waals surface area contributed by atoms with Crippen LogP contribution in [0.2, 0.25) is 5.02 Å². The number of nitrogens with one attached hydrogen (secondary N) is 2. The van der Waals surface area contributed by atoms with Crippen LogP contribution in [0, 0.1) is 17.8 Å². The summed E-state index contributed by atoms with van der Waals surface area (Å²) in [6.07, 6.45) is 3.19. The molecule has 0 heterocycles. The summed E-state index contributed by atoms with van der Waals surface area (Å²) in [6.45, 7) is 7.56. The highest BCUT2D eigenvalue weighted by atomic mass is 35.5. The van der Waals surface area contributed by atoms with Crippen LogP contribution in [0.3, 0.4) is 0 Å². The molecule has 160 valence electrons. The van der Waals surface area contributed by atoms with E-state index in [2.05, 4.69) is 24.5 Å². The van der Waals surface area contributed by atoms with Crippen molar-refractivity contribution in [1.29, 1.82) is 0 Å². The molecule has 1 aromatic carbocycles. The quantitative estimate of drug-likeness (QED) is 0.658. The van der Waals surface area contributed by atoms with Crippen molar-refractivity contribution in [2.45, 2.75) is 59.0 Å². The van der Waals surface area contributed by atoms with Gasteiger partial charge in [0.2, 0.25) is 0 Å². The van der Waals surface area contributed by atoms with Crippen molar-refractivity contribution in [3.8, 4) is 0 Å². The van der Waals surface area contributed by atoms with E-state index < -0.39 is 17.9 Å². The Balaban J connectivity index is 1.90. The van der Waals surface area contributed by atoms with Gasteiger partial charge in [-0.15, -0.1) is 0 Å². The van der Waals surface area contributed by atoms with Gasteiger partial charge in [0, 0.05) is 6.04 Å². The topological polar surface area (TPSA) is 84.5 Å². The Morgan fingerprint density at radius 1 is 1.17 bits per heavy atom. The van der Waals surface area contributed by atoms with Gasteiger partial charge in [-0.25, -0.2) is 4.79 Å². The molecule has 0 aromatic heterocycles. The van der Waals surface area contributed by atoms with Crippen molar-refractivity contribution < 1.29 is 19.1 Å². The minimum atomic E-state index is -0.875. The van der Waals surface area contributed by atoms with Crippen LogP contribution in [0.25, 0.3) is 0 Å². The molecular weight excluding hydrogens is 392 g/mol. The van der Waals surface area contributed by atoms with Gasteiger partial charge in [-0.1, -0.05) is 64.3 Å². The van der Waals surface area contributed by atoms with E-state index in [9.17, 15) is 14.4 Å².